The van der Waals surface area contributed by atoms with Gasteiger partial charge in [-0.1, -0.05) is 11.6 Å². The van der Waals surface area contributed by atoms with Crippen molar-refractivity contribution in [2.45, 2.75) is 4.90 Å². The number of rotatable bonds is 4. The summed E-state index contributed by atoms with van der Waals surface area (Å²) in [5, 5.41) is 0.248. The fraction of sp³-hybridized carbons (Fsp3) is 0.333. The van der Waals surface area contributed by atoms with Gasteiger partial charge in [-0.15, -0.1) is 11.8 Å². The molecule has 0 heterocycles. The van der Waals surface area contributed by atoms with Gasteiger partial charge in [0.2, 0.25) is 0 Å². The lowest BCUT2D eigenvalue weighted by Crippen LogP contribution is -2.02. The fourth-order valence-corrected chi connectivity index (χ4v) is 1.60. The molecule has 0 unspecified atom stereocenters. The predicted octanol–water partition coefficient (Wildman–Crippen LogP) is 3.18. The molecule has 0 aliphatic carbocycles. The number of benzene rings is 1. The Labute approximate surface area is 91.3 Å². The second kappa shape index (κ2) is 5.44. The average molecular weight is 237 g/mol. The van der Waals surface area contributed by atoms with Crippen molar-refractivity contribution in [1.82, 2.24) is 0 Å². The van der Waals surface area contributed by atoms with Gasteiger partial charge in [-0.3, -0.25) is 0 Å². The molecule has 0 amide bonds. The highest BCUT2D eigenvalue weighted by Gasteiger charge is 2.12. The van der Waals surface area contributed by atoms with Gasteiger partial charge >= 0.3 is 0 Å². The number of ether oxygens (including phenoxy) is 2. The van der Waals surface area contributed by atoms with Gasteiger partial charge in [0.25, 0.3) is 0 Å². The first-order valence-electron chi connectivity index (χ1n) is 3.84. The number of hydrogen-bond acceptors (Lipinski definition) is 3. The van der Waals surface area contributed by atoms with Crippen LogP contribution in [0, 0.1) is 5.82 Å². The quantitative estimate of drug-likeness (QED) is 0.591. The molecule has 0 spiro atoms. The molecule has 0 aromatic heterocycles. The zero-order valence-electron chi connectivity index (χ0n) is 7.84. The summed E-state index contributed by atoms with van der Waals surface area (Å²) in [4.78, 5) is 0.500. The minimum Gasteiger partial charge on any atom is -0.463 e. The fourth-order valence-electron chi connectivity index (χ4n) is 0.922. The van der Waals surface area contributed by atoms with E-state index in [2.05, 4.69) is 4.74 Å². The zero-order chi connectivity index (χ0) is 10.6. The van der Waals surface area contributed by atoms with Crippen LogP contribution in [0.5, 0.6) is 5.75 Å². The summed E-state index contributed by atoms with van der Waals surface area (Å²) in [6.07, 6.45) is 1.78. The highest BCUT2D eigenvalue weighted by atomic mass is 35.5. The second-order valence-electron chi connectivity index (χ2n) is 2.44. The van der Waals surface area contributed by atoms with Gasteiger partial charge in [0, 0.05) is 12.0 Å². The first kappa shape index (κ1) is 11.6. The summed E-state index contributed by atoms with van der Waals surface area (Å²) in [5.74, 6) is -0.401. The smallest absolute Gasteiger partial charge is 0.188 e. The Kier molecular flexibility index (Phi) is 4.51. The van der Waals surface area contributed by atoms with Gasteiger partial charge in [-0.2, -0.15) is 0 Å². The molecule has 14 heavy (non-hydrogen) atoms. The zero-order valence-corrected chi connectivity index (χ0v) is 9.41. The molecular weight excluding hydrogens is 227 g/mol. The average Bonchev–Trinajstić information content (AvgIpc) is 2.18. The number of thioether (sulfide) groups is 1. The summed E-state index contributed by atoms with van der Waals surface area (Å²) in [6.45, 7) is -0.0194. The lowest BCUT2D eigenvalue weighted by Gasteiger charge is -2.09. The van der Waals surface area contributed by atoms with Crippen LogP contribution in [0.1, 0.15) is 0 Å². The Morgan fingerprint density at radius 1 is 1.50 bits per heavy atom. The number of methoxy groups -OCH3 is 1. The van der Waals surface area contributed by atoms with Crippen molar-refractivity contribution in [3.8, 4) is 5.75 Å². The second-order valence-corrected chi connectivity index (χ2v) is 3.70. The van der Waals surface area contributed by atoms with E-state index in [1.807, 2.05) is 0 Å². The van der Waals surface area contributed by atoms with E-state index in [-0.39, 0.29) is 17.6 Å². The minimum atomic E-state index is -0.443. The van der Waals surface area contributed by atoms with Crippen molar-refractivity contribution in [1.29, 1.82) is 0 Å². The van der Waals surface area contributed by atoms with Crippen LogP contribution < -0.4 is 4.74 Å². The normalized spacial score (nSPS) is 10.3. The van der Waals surface area contributed by atoms with Gasteiger partial charge in [0.1, 0.15) is 0 Å². The molecule has 2 nitrogen and oxygen atoms in total. The molecule has 0 N–H and O–H groups in total. The predicted molar refractivity (Wildman–Crippen MR) is 55.7 cm³/mol. The topological polar surface area (TPSA) is 18.5 Å². The van der Waals surface area contributed by atoms with Crippen LogP contribution in [0.4, 0.5) is 4.39 Å². The van der Waals surface area contributed by atoms with Crippen molar-refractivity contribution in [3.05, 3.63) is 23.0 Å². The van der Waals surface area contributed by atoms with Crippen LogP contribution in [-0.4, -0.2) is 20.2 Å². The molecule has 0 atom stereocenters. The standard InChI is InChI=1S/C9H10ClFO2S/c1-12-5-13-9-6(10)3-4-7(14-2)8(9)11/h3-4H,5H2,1-2H3. The van der Waals surface area contributed by atoms with Crippen molar-refractivity contribution in [2.75, 3.05) is 20.2 Å². The molecule has 0 bridgehead atoms. The van der Waals surface area contributed by atoms with Crippen LogP contribution in [0.25, 0.3) is 0 Å². The van der Waals surface area contributed by atoms with Crippen LogP contribution in [0.3, 0.4) is 0 Å². The van der Waals surface area contributed by atoms with E-state index >= 15 is 0 Å². The molecule has 1 aromatic rings. The van der Waals surface area contributed by atoms with Gasteiger partial charge in [-0.05, 0) is 18.4 Å². The van der Waals surface area contributed by atoms with Crippen LogP contribution >= 0.6 is 23.4 Å². The van der Waals surface area contributed by atoms with Crippen molar-refractivity contribution in [3.63, 3.8) is 0 Å². The van der Waals surface area contributed by atoms with Crippen LogP contribution in [-0.2, 0) is 4.74 Å². The Morgan fingerprint density at radius 3 is 2.79 bits per heavy atom. The highest BCUT2D eigenvalue weighted by molar-refractivity contribution is 7.98. The summed E-state index contributed by atoms with van der Waals surface area (Å²) in [7, 11) is 1.46. The van der Waals surface area contributed by atoms with E-state index in [1.54, 1.807) is 18.4 Å². The maximum atomic E-state index is 13.6. The molecule has 0 saturated heterocycles. The van der Waals surface area contributed by atoms with Gasteiger partial charge < -0.3 is 9.47 Å². The van der Waals surface area contributed by atoms with E-state index < -0.39 is 5.82 Å². The summed E-state index contributed by atoms with van der Waals surface area (Å²) in [5.41, 5.74) is 0. The monoisotopic (exact) mass is 236 g/mol. The SMILES string of the molecule is COCOc1c(Cl)ccc(SC)c1F. The Bertz CT molecular complexity index is 320. The van der Waals surface area contributed by atoms with Crippen molar-refractivity contribution >= 4 is 23.4 Å². The van der Waals surface area contributed by atoms with Gasteiger partial charge in [-0.25, -0.2) is 4.39 Å². The first-order valence-corrected chi connectivity index (χ1v) is 5.44. The Morgan fingerprint density at radius 2 is 2.21 bits per heavy atom. The van der Waals surface area contributed by atoms with E-state index in [0.29, 0.717) is 4.90 Å². The molecular formula is C9H10ClFO2S. The maximum Gasteiger partial charge on any atom is 0.188 e. The Hall–Kier alpha value is -0.450. The van der Waals surface area contributed by atoms with E-state index in [9.17, 15) is 4.39 Å². The minimum absolute atomic E-state index is 0.0194. The number of hydrogen-bond donors (Lipinski definition) is 0. The van der Waals surface area contributed by atoms with Gasteiger partial charge in [0.05, 0.1) is 5.02 Å². The molecule has 1 rings (SSSR count). The van der Waals surface area contributed by atoms with Gasteiger partial charge in [0.15, 0.2) is 18.4 Å². The number of halogens is 2. The summed E-state index contributed by atoms with van der Waals surface area (Å²) < 4.78 is 23.3. The maximum absolute atomic E-state index is 13.6. The third-order valence-corrected chi connectivity index (χ3v) is 2.61. The Balaban J connectivity index is 2.99. The molecule has 0 fully saturated rings. The van der Waals surface area contributed by atoms with Crippen LogP contribution in [0.2, 0.25) is 5.02 Å². The highest BCUT2D eigenvalue weighted by Crippen LogP contribution is 2.33. The lowest BCUT2D eigenvalue weighted by molar-refractivity contribution is 0.0480. The molecule has 5 heteroatoms. The first-order chi connectivity index (χ1) is 6.70. The van der Waals surface area contributed by atoms with Crippen LogP contribution in [0.15, 0.2) is 17.0 Å². The molecule has 0 radical (unpaired) electrons. The van der Waals surface area contributed by atoms with E-state index in [4.69, 9.17) is 16.3 Å². The molecule has 0 aliphatic rings. The van der Waals surface area contributed by atoms with E-state index in [1.165, 1.54) is 18.9 Å². The third-order valence-electron chi connectivity index (χ3n) is 1.55. The summed E-state index contributed by atoms with van der Waals surface area (Å²) in [6, 6.07) is 3.21. The largest absolute Gasteiger partial charge is 0.463 e. The molecule has 0 saturated carbocycles. The van der Waals surface area contributed by atoms with Crippen molar-refractivity contribution < 1.29 is 13.9 Å². The molecule has 1 aromatic carbocycles. The third kappa shape index (κ3) is 2.53. The molecule has 0 aliphatic heterocycles. The van der Waals surface area contributed by atoms with Crippen molar-refractivity contribution in [2.24, 2.45) is 0 Å². The van der Waals surface area contributed by atoms with E-state index in [0.717, 1.165) is 0 Å². The molecule has 78 valence electrons. The summed E-state index contributed by atoms with van der Waals surface area (Å²) >= 11 is 7.06. The lowest BCUT2D eigenvalue weighted by atomic mass is 10.3.